The summed E-state index contributed by atoms with van der Waals surface area (Å²) in [5.41, 5.74) is 9.25. The van der Waals surface area contributed by atoms with Gasteiger partial charge in [-0.15, -0.1) is 0 Å². The number of halogens is 1. The first-order chi connectivity index (χ1) is 9.58. The number of benzene rings is 2. The first kappa shape index (κ1) is 14.7. The van der Waals surface area contributed by atoms with Gasteiger partial charge in [-0.05, 0) is 36.2 Å². The van der Waals surface area contributed by atoms with Gasteiger partial charge in [-0.3, -0.25) is 0 Å². The average Bonchev–Trinajstić information content (AvgIpc) is 2.48. The zero-order valence-corrected chi connectivity index (χ0v) is 12.6. The molecule has 0 aliphatic carbocycles. The van der Waals surface area contributed by atoms with Crippen LogP contribution in [0.5, 0.6) is 11.5 Å². The van der Waals surface area contributed by atoms with Crippen molar-refractivity contribution in [3.8, 4) is 11.5 Å². The van der Waals surface area contributed by atoms with Gasteiger partial charge in [0.2, 0.25) is 0 Å². The zero-order chi connectivity index (χ0) is 14.7. The number of nitrogens with two attached hydrogens (primary N) is 1. The molecule has 106 valence electrons. The van der Waals surface area contributed by atoms with Gasteiger partial charge in [0.25, 0.3) is 0 Å². The number of rotatable bonds is 4. The van der Waals surface area contributed by atoms with E-state index < -0.39 is 0 Å². The van der Waals surface area contributed by atoms with Crippen LogP contribution >= 0.6 is 11.6 Å². The minimum atomic E-state index is -0.297. The summed E-state index contributed by atoms with van der Waals surface area (Å²) in [4.78, 5) is 0. The Morgan fingerprint density at radius 1 is 1.05 bits per heavy atom. The van der Waals surface area contributed by atoms with E-state index >= 15 is 0 Å². The van der Waals surface area contributed by atoms with Crippen LogP contribution in [0.15, 0.2) is 36.4 Å². The lowest BCUT2D eigenvalue weighted by Gasteiger charge is -2.19. The second kappa shape index (κ2) is 6.16. The molecule has 4 heteroatoms. The highest BCUT2D eigenvalue weighted by molar-refractivity contribution is 6.31. The summed E-state index contributed by atoms with van der Waals surface area (Å²) < 4.78 is 10.6. The highest BCUT2D eigenvalue weighted by atomic mass is 35.5. The molecule has 0 saturated carbocycles. The van der Waals surface area contributed by atoms with Gasteiger partial charge < -0.3 is 15.2 Å². The van der Waals surface area contributed by atoms with Crippen LogP contribution in [-0.4, -0.2) is 14.2 Å². The molecule has 0 fully saturated rings. The van der Waals surface area contributed by atoms with Crippen LogP contribution in [0.2, 0.25) is 5.02 Å². The van der Waals surface area contributed by atoms with Gasteiger partial charge >= 0.3 is 0 Å². The maximum absolute atomic E-state index is 6.37. The Labute approximate surface area is 124 Å². The SMILES string of the molecule is COc1ccc(C(N)c2cccc(Cl)c2C)c(OC)c1. The van der Waals surface area contributed by atoms with E-state index in [0.717, 1.165) is 22.4 Å². The lowest BCUT2D eigenvalue weighted by Crippen LogP contribution is -2.14. The molecular formula is C16H18ClNO2. The van der Waals surface area contributed by atoms with Gasteiger partial charge in [-0.2, -0.15) is 0 Å². The molecule has 2 N–H and O–H groups in total. The monoisotopic (exact) mass is 291 g/mol. The van der Waals surface area contributed by atoms with Crippen LogP contribution in [0.3, 0.4) is 0 Å². The predicted octanol–water partition coefficient (Wildman–Crippen LogP) is 3.71. The molecule has 0 aliphatic rings. The van der Waals surface area contributed by atoms with E-state index in [4.69, 9.17) is 26.8 Å². The Morgan fingerprint density at radius 3 is 2.45 bits per heavy atom. The van der Waals surface area contributed by atoms with Gasteiger partial charge in [-0.25, -0.2) is 0 Å². The number of hydrogen-bond donors (Lipinski definition) is 1. The lowest BCUT2D eigenvalue weighted by molar-refractivity contribution is 0.390. The number of hydrogen-bond acceptors (Lipinski definition) is 3. The summed E-state index contributed by atoms with van der Waals surface area (Å²) in [6.45, 7) is 1.97. The Kier molecular flexibility index (Phi) is 4.53. The van der Waals surface area contributed by atoms with Crippen LogP contribution in [0.4, 0.5) is 0 Å². The molecule has 0 bridgehead atoms. The van der Waals surface area contributed by atoms with Crippen molar-refractivity contribution in [3.63, 3.8) is 0 Å². The van der Waals surface area contributed by atoms with Crippen LogP contribution in [0.1, 0.15) is 22.7 Å². The maximum atomic E-state index is 6.37. The van der Waals surface area contributed by atoms with E-state index in [1.54, 1.807) is 14.2 Å². The van der Waals surface area contributed by atoms with Gasteiger partial charge in [0, 0.05) is 16.7 Å². The summed E-state index contributed by atoms with van der Waals surface area (Å²) in [7, 11) is 3.24. The second-order valence-corrected chi connectivity index (χ2v) is 4.95. The Bertz CT molecular complexity index is 613. The van der Waals surface area contributed by atoms with E-state index in [9.17, 15) is 0 Å². The highest BCUT2D eigenvalue weighted by Gasteiger charge is 2.17. The van der Waals surface area contributed by atoms with Crippen molar-refractivity contribution < 1.29 is 9.47 Å². The van der Waals surface area contributed by atoms with Crippen molar-refractivity contribution >= 4 is 11.6 Å². The van der Waals surface area contributed by atoms with E-state index in [2.05, 4.69) is 0 Å². The molecule has 0 aromatic heterocycles. The van der Waals surface area contributed by atoms with E-state index in [0.29, 0.717) is 10.8 Å². The standard InChI is InChI=1S/C16H18ClNO2/c1-10-12(5-4-6-14(10)17)16(18)13-8-7-11(19-2)9-15(13)20-3/h4-9,16H,18H2,1-3H3. The Morgan fingerprint density at radius 2 is 1.80 bits per heavy atom. The highest BCUT2D eigenvalue weighted by Crippen LogP contribution is 2.34. The zero-order valence-electron chi connectivity index (χ0n) is 11.8. The van der Waals surface area contributed by atoms with Crippen molar-refractivity contribution in [3.05, 3.63) is 58.1 Å². The third-order valence-electron chi connectivity index (χ3n) is 3.42. The molecule has 0 spiro atoms. The van der Waals surface area contributed by atoms with E-state index in [1.165, 1.54) is 0 Å². The van der Waals surface area contributed by atoms with Gasteiger partial charge in [0.1, 0.15) is 11.5 Å². The van der Waals surface area contributed by atoms with Crippen molar-refractivity contribution in [2.45, 2.75) is 13.0 Å². The van der Waals surface area contributed by atoms with Gasteiger partial charge in [-0.1, -0.05) is 23.7 Å². The fourth-order valence-corrected chi connectivity index (χ4v) is 2.39. The largest absolute Gasteiger partial charge is 0.497 e. The average molecular weight is 292 g/mol. The molecule has 1 atom stereocenters. The smallest absolute Gasteiger partial charge is 0.127 e. The van der Waals surface area contributed by atoms with Crippen LogP contribution in [0.25, 0.3) is 0 Å². The molecule has 1 unspecified atom stereocenters. The summed E-state index contributed by atoms with van der Waals surface area (Å²) in [5.74, 6) is 1.44. The second-order valence-electron chi connectivity index (χ2n) is 4.54. The maximum Gasteiger partial charge on any atom is 0.127 e. The number of ether oxygens (including phenoxy) is 2. The Hall–Kier alpha value is -1.71. The van der Waals surface area contributed by atoms with E-state index in [1.807, 2.05) is 43.3 Å². The minimum Gasteiger partial charge on any atom is -0.497 e. The molecule has 0 saturated heterocycles. The minimum absolute atomic E-state index is 0.297. The van der Waals surface area contributed by atoms with Gasteiger partial charge in [0.15, 0.2) is 0 Å². The van der Waals surface area contributed by atoms with Crippen LogP contribution in [0, 0.1) is 6.92 Å². The summed E-state index contributed by atoms with van der Waals surface area (Å²) in [6.07, 6.45) is 0. The van der Waals surface area contributed by atoms with Crippen molar-refractivity contribution in [2.75, 3.05) is 14.2 Å². The normalized spacial score (nSPS) is 12.1. The molecule has 2 rings (SSSR count). The third kappa shape index (κ3) is 2.74. The van der Waals surface area contributed by atoms with Crippen molar-refractivity contribution in [2.24, 2.45) is 5.73 Å². The topological polar surface area (TPSA) is 44.5 Å². The number of methoxy groups -OCH3 is 2. The molecule has 0 amide bonds. The fraction of sp³-hybridized carbons (Fsp3) is 0.250. The molecule has 0 aliphatic heterocycles. The fourth-order valence-electron chi connectivity index (χ4n) is 2.20. The molecular weight excluding hydrogens is 274 g/mol. The summed E-state index contributed by atoms with van der Waals surface area (Å²) in [6, 6.07) is 11.1. The summed E-state index contributed by atoms with van der Waals surface area (Å²) in [5, 5.41) is 0.713. The van der Waals surface area contributed by atoms with Crippen molar-refractivity contribution in [1.29, 1.82) is 0 Å². The first-order valence-electron chi connectivity index (χ1n) is 6.31. The third-order valence-corrected chi connectivity index (χ3v) is 3.83. The van der Waals surface area contributed by atoms with Gasteiger partial charge in [0.05, 0.1) is 20.3 Å². The summed E-state index contributed by atoms with van der Waals surface area (Å²) >= 11 is 6.16. The molecule has 0 heterocycles. The lowest BCUT2D eigenvalue weighted by atomic mass is 9.95. The molecule has 2 aromatic carbocycles. The molecule has 0 radical (unpaired) electrons. The quantitative estimate of drug-likeness (QED) is 0.934. The van der Waals surface area contributed by atoms with E-state index in [-0.39, 0.29) is 6.04 Å². The van der Waals surface area contributed by atoms with Crippen LogP contribution in [-0.2, 0) is 0 Å². The molecule has 3 nitrogen and oxygen atoms in total. The Balaban J connectivity index is 2.47. The molecule has 2 aromatic rings. The molecule has 20 heavy (non-hydrogen) atoms. The first-order valence-corrected chi connectivity index (χ1v) is 6.68. The predicted molar refractivity (Wildman–Crippen MR) is 81.8 cm³/mol. The van der Waals surface area contributed by atoms with Crippen LogP contribution < -0.4 is 15.2 Å². The van der Waals surface area contributed by atoms with Crippen molar-refractivity contribution in [1.82, 2.24) is 0 Å².